The predicted molar refractivity (Wildman–Crippen MR) is 115 cm³/mol. The van der Waals surface area contributed by atoms with Crippen LogP contribution in [0.1, 0.15) is 49.5 Å². The summed E-state index contributed by atoms with van der Waals surface area (Å²) < 4.78 is 19.2. The number of aromatic carboxylic acids is 1. The van der Waals surface area contributed by atoms with Crippen LogP contribution in [-0.4, -0.2) is 51.4 Å². The average Bonchev–Trinajstić information content (AvgIpc) is 3.54. The van der Waals surface area contributed by atoms with Crippen molar-refractivity contribution in [3.8, 4) is 0 Å². The fourth-order valence-corrected chi connectivity index (χ4v) is 4.80. The first kappa shape index (κ1) is 20.2. The molecule has 1 aromatic heterocycles. The number of hydrogen-bond donors (Lipinski definition) is 1. The van der Waals surface area contributed by atoms with E-state index in [0.717, 1.165) is 32.4 Å². The number of fused-ring (bicyclic) bond motifs is 1. The molecule has 0 radical (unpaired) electrons. The first-order valence-electron chi connectivity index (χ1n) is 10.2. The van der Waals surface area contributed by atoms with Crippen LogP contribution in [0.5, 0.6) is 0 Å². The van der Waals surface area contributed by atoms with Gasteiger partial charge in [0.25, 0.3) is 0 Å². The third-order valence-electron chi connectivity index (χ3n) is 5.75. The summed E-state index contributed by atoms with van der Waals surface area (Å²) in [6, 6.07) is 3.13. The molecular weight excluding hydrogens is 393 g/mol. The fraction of sp³-hybridized carbons (Fsp3) is 0.524. The van der Waals surface area contributed by atoms with Crippen LogP contribution in [0.3, 0.4) is 0 Å². The van der Waals surface area contributed by atoms with E-state index in [1.807, 2.05) is 21.4 Å². The van der Waals surface area contributed by atoms with Gasteiger partial charge in [-0.1, -0.05) is 25.8 Å². The van der Waals surface area contributed by atoms with Gasteiger partial charge in [-0.3, -0.25) is 4.79 Å². The van der Waals surface area contributed by atoms with Crippen LogP contribution in [0.4, 0.5) is 10.1 Å². The highest BCUT2D eigenvalue weighted by Gasteiger charge is 2.28. The van der Waals surface area contributed by atoms with Crippen molar-refractivity contribution in [2.45, 2.75) is 44.4 Å². The van der Waals surface area contributed by atoms with Gasteiger partial charge in [0, 0.05) is 49.1 Å². The molecule has 1 saturated heterocycles. The van der Waals surface area contributed by atoms with E-state index in [4.69, 9.17) is 0 Å². The monoisotopic (exact) mass is 419 g/mol. The number of piperazine rings is 1. The van der Waals surface area contributed by atoms with Crippen LogP contribution in [0.25, 0.3) is 10.9 Å². The summed E-state index contributed by atoms with van der Waals surface area (Å²) in [5.41, 5.74) is 0.190. The van der Waals surface area contributed by atoms with Crippen LogP contribution in [0.15, 0.2) is 23.1 Å². The predicted octanol–water partition coefficient (Wildman–Crippen LogP) is 3.74. The van der Waals surface area contributed by atoms with E-state index in [-0.39, 0.29) is 17.0 Å². The molecule has 2 fully saturated rings. The number of carboxylic acids is 1. The Bertz CT molecular complexity index is 997. The van der Waals surface area contributed by atoms with E-state index in [1.54, 1.807) is 6.07 Å². The number of nitrogens with zero attached hydrogens (tertiary/aromatic N) is 3. The molecule has 4 rings (SSSR count). The first-order chi connectivity index (χ1) is 13.9. The number of pyridine rings is 1. The molecule has 0 bridgehead atoms. The summed E-state index contributed by atoms with van der Waals surface area (Å²) in [6.45, 7) is 7.51. The Hall–Kier alpha value is -2.06. The lowest BCUT2D eigenvalue weighted by Crippen LogP contribution is -2.44. The number of carbonyl (C=O) groups is 1. The van der Waals surface area contributed by atoms with E-state index in [0.29, 0.717) is 29.5 Å². The molecular formula is C21H26FN3O3S. The topological polar surface area (TPSA) is 65.8 Å². The minimum atomic E-state index is -1.27. The molecule has 1 unspecified atom stereocenters. The molecule has 29 heavy (non-hydrogen) atoms. The molecule has 0 amide bonds. The highest BCUT2D eigenvalue weighted by molar-refractivity contribution is 7.97. The van der Waals surface area contributed by atoms with E-state index in [9.17, 15) is 19.1 Å². The third-order valence-corrected chi connectivity index (χ3v) is 7.11. The van der Waals surface area contributed by atoms with Gasteiger partial charge in [-0.05, 0) is 31.4 Å². The molecule has 8 heteroatoms. The number of rotatable bonds is 6. The average molecular weight is 420 g/mol. The van der Waals surface area contributed by atoms with Crippen LogP contribution in [-0.2, 0) is 0 Å². The fourth-order valence-electron chi connectivity index (χ4n) is 3.77. The second-order valence-electron chi connectivity index (χ2n) is 7.88. The second-order valence-corrected chi connectivity index (χ2v) is 9.41. The summed E-state index contributed by atoms with van der Waals surface area (Å²) in [5.74, 6) is -1.74. The number of hydrogen-bond acceptors (Lipinski definition) is 5. The zero-order chi connectivity index (χ0) is 20.7. The Labute approximate surface area is 173 Å². The SMILES string of the molecule is CCC(C)SN1CCN(c2cc3c(cc2F)c(=O)c(C(=O)O)cn3C2CC2)CC1. The largest absolute Gasteiger partial charge is 0.477 e. The van der Waals surface area contributed by atoms with Gasteiger partial charge in [-0.15, -0.1) is 0 Å². The minimum Gasteiger partial charge on any atom is -0.477 e. The molecule has 1 aliphatic carbocycles. The highest BCUT2D eigenvalue weighted by atomic mass is 32.2. The van der Waals surface area contributed by atoms with Gasteiger partial charge in [0.05, 0.1) is 11.2 Å². The molecule has 1 aliphatic heterocycles. The molecule has 6 nitrogen and oxygen atoms in total. The molecule has 1 aromatic carbocycles. The summed E-state index contributed by atoms with van der Waals surface area (Å²) >= 11 is 1.86. The lowest BCUT2D eigenvalue weighted by atomic mass is 10.1. The molecule has 156 valence electrons. The number of anilines is 1. The Morgan fingerprint density at radius 2 is 1.97 bits per heavy atom. The Balaban J connectivity index is 1.67. The second kappa shape index (κ2) is 7.99. The van der Waals surface area contributed by atoms with Crippen LogP contribution >= 0.6 is 11.9 Å². The van der Waals surface area contributed by atoms with Crippen molar-refractivity contribution in [3.05, 3.63) is 39.9 Å². The minimum absolute atomic E-state index is 0.143. The maximum Gasteiger partial charge on any atom is 0.341 e. The molecule has 0 spiro atoms. The lowest BCUT2D eigenvalue weighted by molar-refractivity contribution is 0.0695. The van der Waals surface area contributed by atoms with Crippen LogP contribution in [0, 0.1) is 5.82 Å². The third kappa shape index (κ3) is 4.00. The summed E-state index contributed by atoms with van der Waals surface area (Å²) in [6.07, 6.45) is 4.42. The number of carboxylic acid groups (broad SMARTS) is 1. The number of aromatic nitrogens is 1. The van der Waals surface area contributed by atoms with Crippen LogP contribution in [0.2, 0.25) is 0 Å². The maximum atomic E-state index is 15.0. The quantitative estimate of drug-likeness (QED) is 0.720. The van der Waals surface area contributed by atoms with Gasteiger partial charge in [0.15, 0.2) is 0 Å². The molecule has 2 heterocycles. The van der Waals surface area contributed by atoms with Crippen molar-refractivity contribution >= 4 is 34.5 Å². The normalized spacial score (nSPS) is 18.9. The number of halogens is 1. The van der Waals surface area contributed by atoms with Crippen molar-refractivity contribution in [3.63, 3.8) is 0 Å². The Kier molecular flexibility index (Phi) is 5.57. The van der Waals surface area contributed by atoms with Crippen molar-refractivity contribution in [2.75, 3.05) is 31.1 Å². The smallest absolute Gasteiger partial charge is 0.341 e. The van der Waals surface area contributed by atoms with Gasteiger partial charge >= 0.3 is 5.97 Å². The van der Waals surface area contributed by atoms with Gasteiger partial charge in [-0.2, -0.15) is 0 Å². The molecule has 1 N–H and O–H groups in total. The summed E-state index contributed by atoms with van der Waals surface area (Å²) in [7, 11) is 0. The Morgan fingerprint density at radius 1 is 1.28 bits per heavy atom. The van der Waals surface area contributed by atoms with E-state index in [1.165, 1.54) is 12.3 Å². The van der Waals surface area contributed by atoms with Crippen LogP contribution < -0.4 is 10.3 Å². The summed E-state index contributed by atoms with van der Waals surface area (Å²) in [5, 5.41) is 10.1. The highest BCUT2D eigenvalue weighted by Crippen LogP contribution is 2.38. The van der Waals surface area contributed by atoms with Gasteiger partial charge in [0.1, 0.15) is 11.4 Å². The maximum absolute atomic E-state index is 15.0. The van der Waals surface area contributed by atoms with E-state index >= 15 is 0 Å². The lowest BCUT2D eigenvalue weighted by Gasteiger charge is -2.36. The zero-order valence-corrected chi connectivity index (χ0v) is 17.5. The Morgan fingerprint density at radius 3 is 2.55 bits per heavy atom. The van der Waals surface area contributed by atoms with Crippen molar-refractivity contribution < 1.29 is 14.3 Å². The van der Waals surface area contributed by atoms with Gasteiger partial charge in [-0.25, -0.2) is 13.5 Å². The molecule has 2 aromatic rings. The summed E-state index contributed by atoms with van der Waals surface area (Å²) in [4.78, 5) is 26.1. The zero-order valence-electron chi connectivity index (χ0n) is 16.7. The van der Waals surface area contributed by atoms with Gasteiger partial charge < -0.3 is 14.6 Å². The van der Waals surface area contributed by atoms with Crippen molar-refractivity contribution in [2.24, 2.45) is 0 Å². The van der Waals surface area contributed by atoms with Crippen molar-refractivity contribution in [1.29, 1.82) is 0 Å². The van der Waals surface area contributed by atoms with E-state index < -0.39 is 17.2 Å². The molecule has 2 aliphatic rings. The van der Waals surface area contributed by atoms with Gasteiger partial charge in [0.2, 0.25) is 5.43 Å². The number of benzene rings is 1. The van der Waals surface area contributed by atoms with Crippen molar-refractivity contribution in [1.82, 2.24) is 8.87 Å². The first-order valence-corrected chi connectivity index (χ1v) is 11.0. The van der Waals surface area contributed by atoms with E-state index in [2.05, 4.69) is 18.2 Å². The standard InChI is InChI=1S/C21H26FN3O3S/c1-3-13(2)29-24-8-6-23(7-9-24)19-11-18-15(10-17(19)22)20(26)16(21(27)28)12-25(18)14-4-5-14/h10-14H,3-9H2,1-2H3,(H,27,28). The molecule has 1 atom stereocenters. The molecule has 1 saturated carbocycles.